The van der Waals surface area contributed by atoms with Gasteiger partial charge in [0.2, 0.25) is 0 Å². The van der Waals surface area contributed by atoms with Crippen molar-refractivity contribution in [1.82, 2.24) is 5.32 Å². The fourth-order valence-corrected chi connectivity index (χ4v) is 2.07. The minimum absolute atomic E-state index is 0.378. The van der Waals surface area contributed by atoms with Crippen LogP contribution in [0, 0.1) is 18.4 Å². The molecule has 0 unspecified atom stereocenters. The third kappa shape index (κ3) is 3.72. The van der Waals surface area contributed by atoms with Crippen molar-refractivity contribution in [2.75, 3.05) is 13.4 Å². The van der Waals surface area contributed by atoms with Crippen LogP contribution < -0.4 is 5.32 Å². The number of thioether (sulfide) groups is 1. The molecule has 0 amide bonds. The van der Waals surface area contributed by atoms with Crippen LogP contribution >= 0.6 is 27.7 Å². The van der Waals surface area contributed by atoms with E-state index < -0.39 is 5.97 Å². The number of nitrogens with zero attached hydrogens (tertiary/aromatic N) is 2. The highest BCUT2D eigenvalue weighted by Gasteiger charge is 2.17. The molecule has 100 valence electrons. The standard InChI is InChI=1S/C12H12BrN3O2S/c1-7-8(13)4-5-9(10(7)11(17)18-2)16-12(19-3)15-6-14/h4-5H,1-3H3,(H,15,16). The van der Waals surface area contributed by atoms with Gasteiger partial charge < -0.3 is 4.74 Å². The Labute approximate surface area is 124 Å². The first-order valence-electron chi connectivity index (χ1n) is 5.20. The maximum absolute atomic E-state index is 11.8. The first-order chi connectivity index (χ1) is 9.04. The van der Waals surface area contributed by atoms with Crippen LogP contribution in [0.4, 0.5) is 5.69 Å². The van der Waals surface area contributed by atoms with E-state index in [1.54, 1.807) is 31.5 Å². The second-order valence-electron chi connectivity index (χ2n) is 3.42. The molecule has 0 heterocycles. The molecule has 0 saturated carbocycles. The summed E-state index contributed by atoms with van der Waals surface area (Å²) >= 11 is 4.64. The molecule has 5 nitrogen and oxygen atoms in total. The van der Waals surface area contributed by atoms with Gasteiger partial charge in [-0.25, -0.2) is 9.79 Å². The number of ether oxygens (including phenoxy) is 1. The molecule has 0 fully saturated rings. The number of benzene rings is 1. The number of carbonyl (C=O) groups is 1. The molecule has 1 aromatic rings. The lowest BCUT2D eigenvalue weighted by atomic mass is 10.1. The van der Waals surface area contributed by atoms with Gasteiger partial charge in [-0.1, -0.05) is 27.7 Å². The van der Waals surface area contributed by atoms with Crippen LogP contribution in [0.25, 0.3) is 0 Å². The number of hydrogen-bond donors (Lipinski definition) is 1. The zero-order chi connectivity index (χ0) is 14.4. The Bertz CT molecular complexity index is 567. The molecule has 0 saturated heterocycles. The van der Waals surface area contributed by atoms with Crippen molar-refractivity contribution in [3.05, 3.63) is 27.7 Å². The Hall–Kier alpha value is -1.52. The van der Waals surface area contributed by atoms with E-state index in [1.807, 2.05) is 0 Å². The highest BCUT2D eigenvalue weighted by Crippen LogP contribution is 2.30. The van der Waals surface area contributed by atoms with Gasteiger partial charge in [-0.3, -0.25) is 5.32 Å². The molecule has 19 heavy (non-hydrogen) atoms. The minimum atomic E-state index is -0.463. The molecule has 1 N–H and O–H groups in total. The van der Waals surface area contributed by atoms with Gasteiger partial charge in [-0.15, -0.1) is 0 Å². The first-order valence-corrected chi connectivity index (χ1v) is 7.22. The average molecular weight is 342 g/mol. The predicted octanol–water partition coefficient (Wildman–Crippen LogP) is 2.97. The summed E-state index contributed by atoms with van der Waals surface area (Å²) in [5, 5.41) is 11.5. The zero-order valence-electron chi connectivity index (χ0n) is 10.7. The summed E-state index contributed by atoms with van der Waals surface area (Å²) in [6.45, 7) is 1.80. The second-order valence-corrected chi connectivity index (χ2v) is 5.07. The maximum Gasteiger partial charge on any atom is 0.340 e. The van der Waals surface area contributed by atoms with Crippen molar-refractivity contribution in [1.29, 1.82) is 5.26 Å². The largest absolute Gasteiger partial charge is 0.465 e. The lowest BCUT2D eigenvalue weighted by Crippen LogP contribution is -2.13. The normalized spacial score (nSPS) is 10.8. The first kappa shape index (κ1) is 15.5. The monoisotopic (exact) mass is 341 g/mol. The highest BCUT2D eigenvalue weighted by atomic mass is 79.9. The summed E-state index contributed by atoms with van der Waals surface area (Å²) < 4.78 is 5.56. The van der Waals surface area contributed by atoms with Crippen LogP contribution in [0.1, 0.15) is 15.9 Å². The lowest BCUT2D eigenvalue weighted by molar-refractivity contribution is 0.0601. The molecule has 7 heteroatoms. The molecule has 1 rings (SSSR count). The molecule has 1 aromatic carbocycles. The third-order valence-electron chi connectivity index (χ3n) is 2.34. The van der Waals surface area contributed by atoms with Crippen molar-refractivity contribution in [2.24, 2.45) is 4.99 Å². The molecule has 0 spiro atoms. The van der Waals surface area contributed by atoms with E-state index >= 15 is 0 Å². The summed E-state index contributed by atoms with van der Waals surface area (Å²) in [5.41, 5.74) is 1.58. The fraction of sp³-hybridized carbons (Fsp3) is 0.250. The zero-order valence-corrected chi connectivity index (χ0v) is 13.1. The van der Waals surface area contributed by atoms with Gasteiger partial charge in [0.25, 0.3) is 0 Å². The number of methoxy groups -OCH3 is 1. The van der Waals surface area contributed by atoms with Gasteiger partial charge in [-0.2, -0.15) is 5.26 Å². The predicted molar refractivity (Wildman–Crippen MR) is 79.6 cm³/mol. The summed E-state index contributed by atoms with van der Waals surface area (Å²) in [5.74, 6) is -0.463. The third-order valence-corrected chi connectivity index (χ3v) is 3.78. The van der Waals surface area contributed by atoms with E-state index in [1.165, 1.54) is 18.9 Å². The summed E-state index contributed by atoms with van der Waals surface area (Å²) in [6.07, 6.45) is 3.59. The van der Waals surface area contributed by atoms with Crippen LogP contribution in [0.3, 0.4) is 0 Å². The van der Waals surface area contributed by atoms with Gasteiger partial charge in [0.1, 0.15) is 0 Å². The molecule has 0 atom stereocenters. The lowest BCUT2D eigenvalue weighted by Gasteiger charge is -2.10. The summed E-state index contributed by atoms with van der Waals surface area (Å²) in [7, 11) is 1.32. The molecule has 0 radical (unpaired) electrons. The van der Waals surface area contributed by atoms with Crippen molar-refractivity contribution in [3.63, 3.8) is 0 Å². The van der Waals surface area contributed by atoms with Crippen LogP contribution in [0.15, 0.2) is 21.6 Å². The molecular weight excluding hydrogens is 330 g/mol. The number of halogens is 1. The number of amidine groups is 1. The molecule has 0 aliphatic rings. The number of hydrogen-bond acceptors (Lipinski definition) is 5. The van der Waals surface area contributed by atoms with Gasteiger partial charge in [-0.05, 0) is 30.9 Å². The van der Waals surface area contributed by atoms with E-state index in [2.05, 4.69) is 26.2 Å². The smallest absolute Gasteiger partial charge is 0.340 e. The van der Waals surface area contributed by atoms with E-state index in [4.69, 9.17) is 10.00 Å². The van der Waals surface area contributed by atoms with Crippen molar-refractivity contribution in [3.8, 4) is 6.19 Å². The SMILES string of the molecule is COC(=O)c1c(N=C(NC#N)SC)ccc(Br)c1C. The van der Waals surface area contributed by atoms with Crippen molar-refractivity contribution in [2.45, 2.75) is 6.92 Å². The number of esters is 1. The van der Waals surface area contributed by atoms with Gasteiger partial charge in [0.05, 0.1) is 18.4 Å². The van der Waals surface area contributed by atoms with Crippen molar-refractivity contribution >= 4 is 44.5 Å². The second kappa shape index (κ2) is 7.16. The number of nitrogens with one attached hydrogen (secondary N) is 1. The summed E-state index contributed by atoms with van der Waals surface area (Å²) in [6, 6.07) is 3.49. The Morgan fingerprint density at radius 2 is 2.26 bits per heavy atom. The van der Waals surface area contributed by atoms with E-state index in [9.17, 15) is 4.79 Å². The van der Waals surface area contributed by atoms with Crippen LogP contribution in [-0.4, -0.2) is 24.5 Å². The average Bonchev–Trinajstić information content (AvgIpc) is 2.41. The molecule has 0 aliphatic heterocycles. The Morgan fingerprint density at radius 1 is 1.58 bits per heavy atom. The van der Waals surface area contributed by atoms with Gasteiger partial charge >= 0.3 is 5.97 Å². The number of aliphatic imine (C=N–C) groups is 1. The van der Waals surface area contributed by atoms with E-state index in [0.29, 0.717) is 16.4 Å². The van der Waals surface area contributed by atoms with Gasteiger partial charge in [0, 0.05) is 4.47 Å². The van der Waals surface area contributed by atoms with E-state index in [-0.39, 0.29) is 0 Å². The Kier molecular flexibility index (Phi) is 5.86. The van der Waals surface area contributed by atoms with Crippen LogP contribution in [0.5, 0.6) is 0 Å². The molecule has 0 aliphatic carbocycles. The topological polar surface area (TPSA) is 74.5 Å². The summed E-state index contributed by atoms with van der Waals surface area (Å²) in [4.78, 5) is 16.1. The molecular formula is C12H12BrN3O2S. The maximum atomic E-state index is 11.8. The highest BCUT2D eigenvalue weighted by molar-refractivity contribution is 9.10. The van der Waals surface area contributed by atoms with Gasteiger partial charge in [0.15, 0.2) is 11.4 Å². The number of carbonyl (C=O) groups excluding carboxylic acids is 1. The quantitative estimate of drug-likeness (QED) is 0.294. The van der Waals surface area contributed by atoms with E-state index in [0.717, 1.165) is 10.0 Å². The van der Waals surface area contributed by atoms with Crippen molar-refractivity contribution < 1.29 is 9.53 Å². The van der Waals surface area contributed by atoms with Crippen LogP contribution in [0.2, 0.25) is 0 Å². The molecule has 0 bridgehead atoms. The minimum Gasteiger partial charge on any atom is -0.465 e. The fourth-order valence-electron chi connectivity index (χ4n) is 1.41. The Balaban J connectivity index is 3.40. The van der Waals surface area contributed by atoms with Crippen LogP contribution in [-0.2, 0) is 4.74 Å². The number of rotatable bonds is 2. The molecule has 0 aromatic heterocycles. The number of nitriles is 1. The Morgan fingerprint density at radius 3 is 2.79 bits per heavy atom.